The zero-order chi connectivity index (χ0) is 19.3. The maximum Gasteiger partial charge on any atom is 0.416 e. The monoisotopic (exact) mass is 390 g/mol. The lowest BCUT2D eigenvalue weighted by Gasteiger charge is -2.19. The molecule has 0 saturated heterocycles. The molecule has 0 fully saturated rings. The molecule has 27 heavy (non-hydrogen) atoms. The van der Waals surface area contributed by atoms with E-state index in [9.17, 15) is 18.0 Å². The molecule has 2 N–H and O–H groups in total. The van der Waals surface area contributed by atoms with E-state index in [-0.39, 0.29) is 5.69 Å². The van der Waals surface area contributed by atoms with E-state index >= 15 is 0 Å². The largest absolute Gasteiger partial charge is 0.416 e. The third-order valence-corrected chi connectivity index (χ3v) is 4.79. The first-order chi connectivity index (χ1) is 12.9. The van der Waals surface area contributed by atoms with Crippen LogP contribution in [-0.4, -0.2) is 5.91 Å². The fourth-order valence-electron chi connectivity index (χ4n) is 2.61. The SMILES string of the molecule is O=C(Nc1cccc(C(F)(F)F)c1)[C@H](NCc1cccs1)c1ccccc1. The zero-order valence-corrected chi connectivity index (χ0v) is 15.0. The Morgan fingerprint density at radius 1 is 1.00 bits per heavy atom. The number of benzene rings is 2. The quantitative estimate of drug-likeness (QED) is 0.605. The number of hydrogen-bond acceptors (Lipinski definition) is 3. The summed E-state index contributed by atoms with van der Waals surface area (Å²) in [7, 11) is 0. The van der Waals surface area contributed by atoms with Gasteiger partial charge in [-0.15, -0.1) is 11.3 Å². The molecule has 1 heterocycles. The second-order valence-electron chi connectivity index (χ2n) is 5.87. The molecule has 0 saturated carbocycles. The summed E-state index contributed by atoms with van der Waals surface area (Å²) in [5, 5.41) is 7.71. The molecule has 0 bridgehead atoms. The summed E-state index contributed by atoms with van der Waals surface area (Å²) in [4.78, 5) is 13.8. The minimum Gasteiger partial charge on any atom is -0.324 e. The van der Waals surface area contributed by atoms with Crippen molar-refractivity contribution in [1.82, 2.24) is 5.32 Å². The molecule has 0 spiro atoms. The topological polar surface area (TPSA) is 41.1 Å². The second-order valence-corrected chi connectivity index (χ2v) is 6.90. The van der Waals surface area contributed by atoms with Crippen molar-refractivity contribution >= 4 is 22.9 Å². The number of anilines is 1. The van der Waals surface area contributed by atoms with Gasteiger partial charge in [0.1, 0.15) is 6.04 Å². The van der Waals surface area contributed by atoms with E-state index in [1.54, 1.807) is 23.5 Å². The molecule has 1 atom stereocenters. The highest BCUT2D eigenvalue weighted by molar-refractivity contribution is 7.09. The Labute approximate surface area is 158 Å². The van der Waals surface area contributed by atoms with Gasteiger partial charge in [0.25, 0.3) is 0 Å². The highest BCUT2D eigenvalue weighted by Gasteiger charge is 2.30. The van der Waals surface area contributed by atoms with Crippen LogP contribution in [0, 0.1) is 0 Å². The number of halogens is 3. The van der Waals surface area contributed by atoms with Crippen LogP contribution >= 0.6 is 11.3 Å². The van der Waals surface area contributed by atoms with E-state index < -0.39 is 23.7 Å². The summed E-state index contributed by atoms with van der Waals surface area (Å²) < 4.78 is 38.6. The molecule has 0 unspecified atom stereocenters. The van der Waals surface area contributed by atoms with Crippen LogP contribution in [0.2, 0.25) is 0 Å². The molecule has 0 aliphatic carbocycles. The molecular weight excluding hydrogens is 373 g/mol. The minimum atomic E-state index is -4.46. The molecule has 140 valence electrons. The van der Waals surface area contributed by atoms with Crippen LogP contribution in [0.4, 0.5) is 18.9 Å². The predicted molar refractivity (Wildman–Crippen MR) is 100 cm³/mol. The molecule has 0 aliphatic rings. The van der Waals surface area contributed by atoms with Crippen molar-refractivity contribution in [1.29, 1.82) is 0 Å². The number of nitrogens with one attached hydrogen (secondary N) is 2. The summed E-state index contributed by atoms with van der Waals surface area (Å²) in [5.74, 6) is -0.419. The molecule has 1 aromatic heterocycles. The molecule has 3 aromatic rings. The second kappa shape index (κ2) is 8.37. The Morgan fingerprint density at radius 2 is 1.78 bits per heavy atom. The zero-order valence-electron chi connectivity index (χ0n) is 14.2. The Morgan fingerprint density at radius 3 is 2.44 bits per heavy atom. The van der Waals surface area contributed by atoms with Crippen LogP contribution in [-0.2, 0) is 17.5 Å². The number of alkyl halides is 3. The van der Waals surface area contributed by atoms with Crippen molar-refractivity contribution in [3.63, 3.8) is 0 Å². The van der Waals surface area contributed by atoms with Crippen molar-refractivity contribution in [2.45, 2.75) is 18.8 Å². The Kier molecular flexibility index (Phi) is 5.93. The van der Waals surface area contributed by atoms with Gasteiger partial charge >= 0.3 is 6.18 Å². The van der Waals surface area contributed by atoms with E-state index in [2.05, 4.69) is 10.6 Å². The first-order valence-electron chi connectivity index (χ1n) is 8.22. The third kappa shape index (κ3) is 5.18. The highest BCUT2D eigenvalue weighted by Crippen LogP contribution is 2.31. The maximum atomic E-state index is 12.9. The Balaban J connectivity index is 1.78. The van der Waals surface area contributed by atoms with Crippen molar-refractivity contribution in [3.8, 4) is 0 Å². The van der Waals surface area contributed by atoms with Gasteiger partial charge in [-0.05, 0) is 35.2 Å². The van der Waals surface area contributed by atoms with Gasteiger partial charge < -0.3 is 5.32 Å². The summed E-state index contributed by atoms with van der Waals surface area (Å²) in [6.45, 7) is 0.479. The van der Waals surface area contributed by atoms with Crippen molar-refractivity contribution in [2.24, 2.45) is 0 Å². The van der Waals surface area contributed by atoms with Crippen LogP contribution in [0.15, 0.2) is 72.1 Å². The van der Waals surface area contributed by atoms with Gasteiger partial charge in [0.2, 0.25) is 5.91 Å². The van der Waals surface area contributed by atoms with Gasteiger partial charge in [0.05, 0.1) is 5.56 Å². The first kappa shape index (κ1) is 19.1. The standard InChI is InChI=1S/C20H17F3N2OS/c21-20(22,23)15-8-4-9-16(12-15)25-19(26)18(14-6-2-1-3-7-14)24-13-17-10-5-11-27-17/h1-12,18,24H,13H2,(H,25,26)/t18-/m1/s1. The van der Waals surface area contributed by atoms with Gasteiger partial charge in [-0.3, -0.25) is 10.1 Å². The molecule has 0 radical (unpaired) electrons. The summed E-state index contributed by atoms with van der Waals surface area (Å²) in [6.07, 6.45) is -4.46. The molecule has 0 aliphatic heterocycles. The number of carbonyl (C=O) groups excluding carboxylic acids is 1. The number of rotatable bonds is 6. The van der Waals surface area contributed by atoms with E-state index in [4.69, 9.17) is 0 Å². The van der Waals surface area contributed by atoms with Crippen LogP contribution in [0.1, 0.15) is 22.0 Å². The van der Waals surface area contributed by atoms with Gasteiger partial charge in [0.15, 0.2) is 0 Å². The van der Waals surface area contributed by atoms with Gasteiger partial charge in [-0.2, -0.15) is 13.2 Å². The van der Waals surface area contributed by atoms with Crippen molar-refractivity contribution in [2.75, 3.05) is 5.32 Å². The Bertz CT molecular complexity index is 880. The average molecular weight is 390 g/mol. The molecule has 1 amide bonds. The maximum absolute atomic E-state index is 12.9. The van der Waals surface area contributed by atoms with Gasteiger partial charge in [0, 0.05) is 17.1 Å². The first-order valence-corrected chi connectivity index (χ1v) is 9.10. The fraction of sp³-hybridized carbons (Fsp3) is 0.150. The van der Waals surface area contributed by atoms with E-state index in [1.165, 1.54) is 12.1 Å². The van der Waals surface area contributed by atoms with Crippen molar-refractivity contribution in [3.05, 3.63) is 88.1 Å². The van der Waals surface area contributed by atoms with Crippen LogP contribution in [0.3, 0.4) is 0 Å². The number of thiophene rings is 1. The van der Waals surface area contributed by atoms with Crippen LogP contribution in [0.5, 0.6) is 0 Å². The summed E-state index contributed by atoms with van der Waals surface area (Å²) >= 11 is 1.56. The lowest BCUT2D eigenvalue weighted by molar-refractivity contribution is -0.137. The average Bonchev–Trinajstić information content (AvgIpc) is 3.16. The van der Waals surface area contributed by atoms with Crippen LogP contribution < -0.4 is 10.6 Å². The van der Waals surface area contributed by atoms with Gasteiger partial charge in [-0.25, -0.2) is 0 Å². The molecule has 3 rings (SSSR count). The summed E-state index contributed by atoms with van der Waals surface area (Å²) in [5.41, 5.74) is 0.0373. The number of hydrogen-bond donors (Lipinski definition) is 2. The fourth-order valence-corrected chi connectivity index (χ4v) is 3.27. The minimum absolute atomic E-state index is 0.105. The molecule has 3 nitrogen and oxygen atoms in total. The lowest BCUT2D eigenvalue weighted by Crippen LogP contribution is -2.32. The molecular formula is C20H17F3N2OS. The highest BCUT2D eigenvalue weighted by atomic mass is 32.1. The van der Waals surface area contributed by atoms with Gasteiger partial charge in [-0.1, -0.05) is 42.5 Å². The van der Waals surface area contributed by atoms with E-state index in [0.29, 0.717) is 6.54 Å². The Hall–Kier alpha value is -2.64. The van der Waals surface area contributed by atoms with E-state index in [1.807, 2.05) is 35.7 Å². The third-order valence-electron chi connectivity index (χ3n) is 3.91. The van der Waals surface area contributed by atoms with Crippen molar-refractivity contribution < 1.29 is 18.0 Å². The molecule has 7 heteroatoms. The van der Waals surface area contributed by atoms with E-state index in [0.717, 1.165) is 22.6 Å². The number of carbonyl (C=O) groups is 1. The number of amides is 1. The summed E-state index contributed by atoms with van der Waals surface area (Å²) in [6, 6.07) is 16.9. The van der Waals surface area contributed by atoms with Crippen LogP contribution in [0.25, 0.3) is 0 Å². The smallest absolute Gasteiger partial charge is 0.324 e. The molecule has 2 aromatic carbocycles. The predicted octanol–water partition coefficient (Wildman–Crippen LogP) is 5.24. The normalized spacial score (nSPS) is 12.6. The lowest BCUT2D eigenvalue weighted by atomic mass is 10.1.